The van der Waals surface area contributed by atoms with E-state index < -0.39 is 11.9 Å². The molecule has 0 aliphatic heterocycles. The molecule has 1 aromatic rings. The number of hydrogen-bond acceptors (Lipinski definition) is 1. The molecule has 0 aromatic heterocycles. The summed E-state index contributed by atoms with van der Waals surface area (Å²) in [6.07, 6.45) is 1.33. The van der Waals surface area contributed by atoms with Crippen molar-refractivity contribution in [2.75, 3.05) is 0 Å². The van der Waals surface area contributed by atoms with Crippen LogP contribution in [0.2, 0.25) is 0 Å². The van der Waals surface area contributed by atoms with Gasteiger partial charge in [0.1, 0.15) is 5.82 Å². The Morgan fingerprint density at radius 1 is 1.54 bits per heavy atom. The normalized spacial score (nSPS) is 19.9. The van der Waals surface area contributed by atoms with Gasteiger partial charge >= 0.3 is 5.97 Å². The minimum Gasteiger partial charge on any atom is -0.481 e. The Balaban J connectivity index is 2.46. The molecule has 1 aliphatic carbocycles. The van der Waals surface area contributed by atoms with Gasteiger partial charge in [0.25, 0.3) is 0 Å². The zero-order valence-electron chi connectivity index (χ0n) is 6.96. The molecular formula is C10H9FO2. The minimum atomic E-state index is -0.857. The summed E-state index contributed by atoms with van der Waals surface area (Å²) in [5, 5.41) is 8.83. The van der Waals surface area contributed by atoms with Crippen LogP contribution in [0.25, 0.3) is 0 Å². The van der Waals surface area contributed by atoms with Gasteiger partial charge in [0.05, 0.1) is 5.92 Å². The third kappa shape index (κ3) is 1.30. The molecule has 0 bridgehead atoms. The van der Waals surface area contributed by atoms with Gasteiger partial charge in [-0.2, -0.15) is 0 Å². The van der Waals surface area contributed by atoms with Crippen LogP contribution >= 0.6 is 0 Å². The predicted octanol–water partition coefficient (Wildman–Crippen LogP) is 1.94. The van der Waals surface area contributed by atoms with Crippen LogP contribution in [0.4, 0.5) is 4.39 Å². The molecule has 2 nitrogen and oxygen atoms in total. The summed E-state index contributed by atoms with van der Waals surface area (Å²) in [4.78, 5) is 10.8. The first-order valence-corrected chi connectivity index (χ1v) is 4.19. The Labute approximate surface area is 75.0 Å². The van der Waals surface area contributed by atoms with Crippen LogP contribution < -0.4 is 0 Å². The number of hydrogen-bond donors (Lipinski definition) is 1. The summed E-state index contributed by atoms with van der Waals surface area (Å²) >= 11 is 0. The molecule has 0 radical (unpaired) electrons. The fraction of sp³-hybridized carbons (Fsp3) is 0.300. The number of fused-ring (bicyclic) bond motifs is 1. The van der Waals surface area contributed by atoms with E-state index in [1.165, 1.54) is 12.1 Å². The van der Waals surface area contributed by atoms with Crippen LogP contribution in [0.1, 0.15) is 23.5 Å². The molecule has 1 aliphatic rings. The SMILES string of the molecule is O=C(O)[C@H]1CCc2ccc(F)cc21. The number of halogens is 1. The van der Waals surface area contributed by atoms with Crippen molar-refractivity contribution >= 4 is 5.97 Å². The van der Waals surface area contributed by atoms with Crippen molar-refractivity contribution in [1.29, 1.82) is 0 Å². The summed E-state index contributed by atoms with van der Waals surface area (Å²) in [7, 11) is 0. The van der Waals surface area contributed by atoms with Crippen molar-refractivity contribution in [3.05, 3.63) is 35.1 Å². The summed E-state index contributed by atoms with van der Waals surface area (Å²) in [5.74, 6) is -1.72. The van der Waals surface area contributed by atoms with Gasteiger partial charge in [0.15, 0.2) is 0 Å². The van der Waals surface area contributed by atoms with E-state index in [1.807, 2.05) is 0 Å². The van der Waals surface area contributed by atoms with Gasteiger partial charge in [-0.15, -0.1) is 0 Å². The van der Waals surface area contributed by atoms with Gasteiger partial charge in [-0.25, -0.2) is 4.39 Å². The van der Waals surface area contributed by atoms with E-state index in [0.717, 1.165) is 12.0 Å². The largest absolute Gasteiger partial charge is 0.481 e. The number of aryl methyl sites for hydroxylation is 1. The second-order valence-electron chi connectivity index (χ2n) is 3.27. The standard InChI is InChI=1S/C10H9FO2/c11-7-3-1-6-2-4-8(10(12)13)9(6)5-7/h1,3,5,8H,2,4H2,(H,12,13)/t8-/m0/s1. The lowest BCUT2D eigenvalue weighted by molar-refractivity contribution is -0.138. The van der Waals surface area contributed by atoms with Gasteiger partial charge in [0.2, 0.25) is 0 Å². The molecule has 1 atom stereocenters. The minimum absolute atomic E-state index is 0.355. The lowest BCUT2D eigenvalue weighted by atomic mass is 10.0. The third-order valence-corrected chi connectivity index (χ3v) is 2.48. The highest BCUT2D eigenvalue weighted by Crippen LogP contribution is 2.33. The summed E-state index contributed by atoms with van der Waals surface area (Å²) in [6, 6.07) is 4.39. The maximum atomic E-state index is 12.8. The number of carbonyl (C=O) groups is 1. The fourth-order valence-electron chi connectivity index (χ4n) is 1.83. The maximum Gasteiger partial charge on any atom is 0.310 e. The zero-order valence-corrected chi connectivity index (χ0v) is 6.96. The molecule has 0 spiro atoms. The van der Waals surface area contributed by atoms with Gasteiger partial charge in [0, 0.05) is 0 Å². The Hall–Kier alpha value is -1.38. The van der Waals surface area contributed by atoms with Crippen molar-refractivity contribution in [1.82, 2.24) is 0 Å². The van der Waals surface area contributed by atoms with Crippen molar-refractivity contribution in [2.24, 2.45) is 0 Å². The number of rotatable bonds is 1. The highest BCUT2D eigenvalue weighted by atomic mass is 19.1. The molecule has 0 saturated carbocycles. The molecule has 0 unspecified atom stereocenters. The molecule has 13 heavy (non-hydrogen) atoms. The highest BCUT2D eigenvalue weighted by molar-refractivity contribution is 5.77. The first kappa shape index (κ1) is 8.23. The molecule has 0 fully saturated rings. The average Bonchev–Trinajstić information content (AvgIpc) is 2.46. The number of aliphatic carboxylic acids is 1. The second kappa shape index (κ2) is 2.83. The zero-order chi connectivity index (χ0) is 9.42. The van der Waals surface area contributed by atoms with E-state index in [-0.39, 0.29) is 5.82 Å². The van der Waals surface area contributed by atoms with Crippen molar-refractivity contribution in [3.63, 3.8) is 0 Å². The molecule has 1 N–H and O–H groups in total. The Morgan fingerprint density at radius 2 is 2.31 bits per heavy atom. The van der Waals surface area contributed by atoms with Crippen molar-refractivity contribution in [3.8, 4) is 0 Å². The van der Waals surface area contributed by atoms with E-state index in [2.05, 4.69) is 0 Å². The topological polar surface area (TPSA) is 37.3 Å². The quantitative estimate of drug-likeness (QED) is 0.717. The summed E-state index contributed by atoms with van der Waals surface area (Å²) < 4.78 is 12.8. The number of carboxylic acids is 1. The molecule has 0 amide bonds. The molecule has 3 heteroatoms. The first-order valence-electron chi connectivity index (χ1n) is 4.19. The van der Waals surface area contributed by atoms with Crippen LogP contribution in [0.5, 0.6) is 0 Å². The van der Waals surface area contributed by atoms with Crippen LogP contribution in [-0.4, -0.2) is 11.1 Å². The van der Waals surface area contributed by atoms with Crippen LogP contribution in [0, 0.1) is 5.82 Å². The molecule has 1 aromatic carbocycles. The molecule has 2 rings (SSSR count). The smallest absolute Gasteiger partial charge is 0.310 e. The van der Waals surface area contributed by atoms with Crippen molar-refractivity contribution < 1.29 is 14.3 Å². The van der Waals surface area contributed by atoms with E-state index >= 15 is 0 Å². The monoisotopic (exact) mass is 180 g/mol. The van der Waals surface area contributed by atoms with E-state index in [0.29, 0.717) is 12.0 Å². The highest BCUT2D eigenvalue weighted by Gasteiger charge is 2.28. The van der Waals surface area contributed by atoms with Crippen molar-refractivity contribution in [2.45, 2.75) is 18.8 Å². The third-order valence-electron chi connectivity index (χ3n) is 2.48. The first-order chi connectivity index (χ1) is 6.18. The second-order valence-corrected chi connectivity index (χ2v) is 3.27. The van der Waals surface area contributed by atoms with Crippen LogP contribution in [0.3, 0.4) is 0 Å². The Bertz CT molecular complexity index is 360. The molecular weight excluding hydrogens is 171 g/mol. The van der Waals surface area contributed by atoms with Gasteiger partial charge in [-0.3, -0.25) is 4.79 Å². The molecule has 0 heterocycles. The lowest BCUT2D eigenvalue weighted by Gasteiger charge is -2.04. The van der Waals surface area contributed by atoms with Crippen LogP contribution in [0.15, 0.2) is 18.2 Å². The van der Waals surface area contributed by atoms with E-state index in [1.54, 1.807) is 6.07 Å². The van der Waals surface area contributed by atoms with E-state index in [4.69, 9.17) is 5.11 Å². The maximum absolute atomic E-state index is 12.8. The lowest BCUT2D eigenvalue weighted by Crippen LogP contribution is -2.07. The molecule has 0 saturated heterocycles. The summed E-state index contributed by atoms with van der Waals surface area (Å²) in [5.41, 5.74) is 1.61. The van der Waals surface area contributed by atoms with Gasteiger partial charge < -0.3 is 5.11 Å². The number of benzene rings is 1. The number of carboxylic acid groups (broad SMARTS) is 1. The van der Waals surface area contributed by atoms with Crippen LogP contribution in [-0.2, 0) is 11.2 Å². The fourth-order valence-corrected chi connectivity index (χ4v) is 1.83. The Morgan fingerprint density at radius 3 is 3.00 bits per heavy atom. The van der Waals surface area contributed by atoms with E-state index in [9.17, 15) is 9.18 Å². The van der Waals surface area contributed by atoms with Gasteiger partial charge in [-0.1, -0.05) is 6.07 Å². The predicted molar refractivity (Wildman–Crippen MR) is 45.1 cm³/mol. The van der Waals surface area contributed by atoms with Gasteiger partial charge in [-0.05, 0) is 36.1 Å². The Kier molecular flexibility index (Phi) is 1.79. The average molecular weight is 180 g/mol. The molecule has 68 valence electrons. The summed E-state index contributed by atoms with van der Waals surface area (Å²) in [6.45, 7) is 0.